The van der Waals surface area contributed by atoms with Crippen molar-refractivity contribution in [3.05, 3.63) is 64.4 Å². The molecule has 112 valence electrons. The highest BCUT2D eigenvalue weighted by molar-refractivity contribution is 6.31. The quantitative estimate of drug-likeness (QED) is 0.692. The molecule has 1 heterocycles. The Bertz CT molecular complexity index is 825. The lowest BCUT2D eigenvalue weighted by Crippen LogP contribution is -1.91. The van der Waals surface area contributed by atoms with E-state index in [9.17, 15) is 9.50 Å². The molecular formula is C17H14ClFN2O. The van der Waals surface area contributed by atoms with Crippen molar-refractivity contribution in [2.45, 2.75) is 6.42 Å². The van der Waals surface area contributed by atoms with Crippen LogP contribution in [0, 0.1) is 5.82 Å². The number of fused-ring (bicyclic) bond motifs is 1. The van der Waals surface area contributed by atoms with Crippen molar-refractivity contribution in [2.24, 2.45) is 4.99 Å². The predicted octanol–water partition coefficient (Wildman–Crippen LogP) is 4.33. The van der Waals surface area contributed by atoms with Crippen molar-refractivity contribution >= 4 is 28.7 Å². The van der Waals surface area contributed by atoms with Crippen molar-refractivity contribution < 1.29 is 9.50 Å². The van der Waals surface area contributed by atoms with E-state index in [0.717, 1.165) is 16.5 Å². The van der Waals surface area contributed by atoms with Gasteiger partial charge in [-0.05, 0) is 42.3 Å². The molecular weight excluding hydrogens is 303 g/mol. The van der Waals surface area contributed by atoms with Crippen LogP contribution in [0.3, 0.4) is 0 Å². The number of nitrogens with zero attached hydrogens (tertiary/aromatic N) is 1. The smallest absolute Gasteiger partial charge is 0.198 e. The third kappa shape index (κ3) is 3.12. The Hall–Kier alpha value is -2.33. The number of H-pyrrole nitrogens is 1. The molecule has 0 aliphatic rings. The van der Waals surface area contributed by atoms with Gasteiger partial charge in [0.15, 0.2) is 5.88 Å². The molecule has 0 atom stereocenters. The van der Waals surface area contributed by atoms with Gasteiger partial charge in [-0.3, -0.25) is 4.99 Å². The molecule has 0 amide bonds. The van der Waals surface area contributed by atoms with Gasteiger partial charge < -0.3 is 10.1 Å². The molecule has 3 nitrogen and oxygen atoms in total. The fraction of sp³-hybridized carbons (Fsp3) is 0.118. The van der Waals surface area contributed by atoms with Gasteiger partial charge in [-0.25, -0.2) is 4.39 Å². The maximum atomic E-state index is 12.8. The Morgan fingerprint density at radius 2 is 1.95 bits per heavy atom. The number of nitrogens with one attached hydrogen (secondary N) is 1. The normalized spacial score (nSPS) is 11.5. The SMILES string of the molecule is Oc1[nH]c2ccc(Cl)cc2c1C=NCCc1ccc(F)cc1. The summed E-state index contributed by atoms with van der Waals surface area (Å²) >= 11 is 5.98. The molecule has 0 radical (unpaired) electrons. The molecule has 0 saturated carbocycles. The molecule has 5 heteroatoms. The van der Waals surface area contributed by atoms with Crippen molar-refractivity contribution in [3.63, 3.8) is 0 Å². The van der Waals surface area contributed by atoms with E-state index in [-0.39, 0.29) is 11.7 Å². The molecule has 3 aromatic rings. The summed E-state index contributed by atoms with van der Waals surface area (Å²) in [5.41, 5.74) is 2.45. The minimum Gasteiger partial charge on any atom is -0.494 e. The van der Waals surface area contributed by atoms with Gasteiger partial charge in [0.05, 0.1) is 5.56 Å². The molecule has 0 saturated heterocycles. The summed E-state index contributed by atoms with van der Waals surface area (Å²) in [7, 11) is 0. The van der Waals surface area contributed by atoms with E-state index in [1.807, 2.05) is 6.07 Å². The fourth-order valence-electron chi connectivity index (χ4n) is 2.30. The summed E-state index contributed by atoms with van der Waals surface area (Å²) in [4.78, 5) is 7.21. The molecule has 1 aromatic heterocycles. The summed E-state index contributed by atoms with van der Waals surface area (Å²) in [6.07, 6.45) is 2.34. The summed E-state index contributed by atoms with van der Waals surface area (Å²) in [5, 5.41) is 11.4. The van der Waals surface area contributed by atoms with Crippen LogP contribution in [0.4, 0.5) is 4.39 Å². The summed E-state index contributed by atoms with van der Waals surface area (Å²) in [6.45, 7) is 0.554. The highest BCUT2D eigenvalue weighted by Crippen LogP contribution is 2.27. The van der Waals surface area contributed by atoms with Crippen molar-refractivity contribution in [3.8, 4) is 5.88 Å². The van der Waals surface area contributed by atoms with Gasteiger partial charge in [-0.1, -0.05) is 23.7 Å². The van der Waals surface area contributed by atoms with Gasteiger partial charge >= 0.3 is 0 Å². The van der Waals surface area contributed by atoms with E-state index < -0.39 is 0 Å². The molecule has 0 unspecified atom stereocenters. The second-order valence-corrected chi connectivity index (χ2v) is 5.43. The lowest BCUT2D eigenvalue weighted by Gasteiger charge is -1.98. The Morgan fingerprint density at radius 3 is 2.73 bits per heavy atom. The average molecular weight is 317 g/mol. The number of aliphatic imine (C=N–C) groups is 1. The van der Waals surface area contributed by atoms with Crippen molar-refractivity contribution in [2.75, 3.05) is 6.54 Å². The van der Waals surface area contributed by atoms with Crippen LogP contribution < -0.4 is 0 Å². The van der Waals surface area contributed by atoms with Crippen molar-refractivity contribution in [1.82, 2.24) is 4.98 Å². The maximum absolute atomic E-state index is 12.8. The van der Waals surface area contributed by atoms with Crippen LogP contribution in [-0.4, -0.2) is 22.8 Å². The highest BCUT2D eigenvalue weighted by Gasteiger charge is 2.08. The van der Waals surface area contributed by atoms with E-state index in [2.05, 4.69) is 9.98 Å². The van der Waals surface area contributed by atoms with Crippen LogP contribution in [0.1, 0.15) is 11.1 Å². The fourth-order valence-corrected chi connectivity index (χ4v) is 2.47. The van der Waals surface area contributed by atoms with Gasteiger partial charge in [-0.2, -0.15) is 0 Å². The first-order valence-corrected chi connectivity index (χ1v) is 7.26. The number of rotatable bonds is 4. The molecule has 2 N–H and O–H groups in total. The maximum Gasteiger partial charge on any atom is 0.198 e. The standard InChI is InChI=1S/C17H14ClFN2O/c18-12-3-6-16-14(9-12)15(17(22)21-16)10-20-8-7-11-1-4-13(19)5-2-11/h1-6,9-10,21-22H,7-8H2. The number of aromatic amines is 1. The molecule has 0 aliphatic carbocycles. The van der Waals surface area contributed by atoms with Gasteiger partial charge in [0.2, 0.25) is 0 Å². The second kappa shape index (κ2) is 6.20. The van der Waals surface area contributed by atoms with E-state index in [4.69, 9.17) is 11.6 Å². The zero-order chi connectivity index (χ0) is 15.5. The third-order valence-corrected chi connectivity index (χ3v) is 3.68. The molecule has 0 spiro atoms. The topological polar surface area (TPSA) is 48.4 Å². The highest BCUT2D eigenvalue weighted by atomic mass is 35.5. The summed E-state index contributed by atoms with van der Waals surface area (Å²) in [6, 6.07) is 11.7. The largest absolute Gasteiger partial charge is 0.494 e. The summed E-state index contributed by atoms with van der Waals surface area (Å²) < 4.78 is 12.8. The first kappa shape index (κ1) is 14.6. The molecule has 22 heavy (non-hydrogen) atoms. The van der Waals surface area contributed by atoms with Gasteiger partial charge in [0.25, 0.3) is 0 Å². The van der Waals surface area contributed by atoms with E-state index in [0.29, 0.717) is 23.6 Å². The number of aromatic hydroxyl groups is 1. The zero-order valence-corrected chi connectivity index (χ0v) is 12.4. The van der Waals surface area contributed by atoms with Crippen LogP contribution in [0.2, 0.25) is 5.02 Å². The molecule has 0 fully saturated rings. The zero-order valence-electron chi connectivity index (χ0n) is 11.7. The predicted molar refractivity (Wildman–Crippen MR) is 87.5 cm³/mol. The van der Waals surface area contributed by atoms with Gasteiger partial charge in [0.1, 0.15) is 5.82 Å². The van der Waals surface area contributed by atoms with Crippen LogP contribution in [0.15, 0.2) is 47.5 Å². The molecule has 0 bridgehead atoms. The third-order valence-electron chi connectivity index (χ3n) is 3.44. The average Bonchev–Trinajstić information content (AvgIpc) is 2.81. The minimum atomic E-state index is -0.243. The monoisotopic (exact) mass is 316 g/mol. The minimum absolute atomic E-state index is 0.0720. The lowest BCUT2D eigenvalue weighted by molar-refractivity contribution is 0.457. The number of hydrogen-bond acceptors (Lipinski definition) is 2. The Labute approximate surface area is 132 Å². The van der Waals surface area contributed by atoms with Crippen LogP contribution in [-0.2, 0) is 6.42 Å². The van der Waals surface area contributed by atoms with E-state index in [1.165, 1.54) is 12.1 Å². The van der Waals surface area contributed by atoms with Crippen LogP contribution in [0.5, 0.6) is 5.88 Å². The van der Waals surface area contributed by atoms with Crippen LogP contribution >= 0.6 is 11.6 Å². The van der Waals surface area contributed by atoms with E-state index >= 15 is 0 Å². The van der Waals surface area contributed by atoms with Crippen LogP contribution in [0.25, 0.3) is 10.9 Å². The Morgan fingerprint density at radius 1 is 1.18 bits per heavy atom. The number of aromatic nitrogens is 1. The Kier molecular flexibility index (Phi) is 4.11. The van der Waals surface area contributed by atoms with Crippen molar-refractivity contribution in [1.29, 1.82) is 0 Å². The number of halogens is 2. The molecule has 0 aliphatic heterocycles. The van der Waals surface area contributed by atoms with Gasteiger partial charge in [0, 0.05) is 28.7 Å². The summed E-state index contributed by atoms with van der Waals surface area (Å²) in [5.74, 6) is -0.171. The lowest BCUT2D eigenvalue weighted by atomic mass is 10.1. The number of benzene rings is 2. The first-order valence-electron chi connectivity index (χ1n) is 6.88. The molecule has 2 aromatic carbocycles. The Balaban J connectivity index is 1.74. The first-order chi connectivity index (χ1) is 10.6. The molecule has 3 rings (SSSR count). The van der Waals surface area contributed by atoms with E-state index in [1.54, 1.807) is 30.5 Å². The second-order valence-electron chi connectivity index (χ2n) is 4.99. The van der Waals surface area contributed by atoms with Gasteiger partial charge in [-0.15, -0.1) is 0 Å². The number of hydrogen-bond donors (Lipinski definition) is 2.